The smallest absolute Gasteiger partial charge is 0.380 e. The number of aromatic amines is 1. The Labute approximate surface area is 235 Å². The zero-order chi connectivity index (χ0) is 28.9. The molecule has 1 aromatic heterocycles. The van der Waals surface area contributed by atoms with Crippen LogP contribution >= 0.6 is 19.2 Å². The fourth-order valence-electron chi connectivity index (χ4n) is 4.19. The Hall–Kier alpha value is -3.21. The second-order valence-electron chi connectivity index (χ2n) is 9.63. The summed E-state index contributed by atoms with van der Waals surface area (Å²) in [6.45, 7) is 2.63. The maximum Gasteiger partial charge on any atom is 0.380 e. The molecule has 0 saturated carbocycles. The summed E-state index contributed by atoms with van der Waals surface area (Å²) in [6, 6.07) is 18.6. The normalized spacial score (nSPS) is 24.6. The van der Waals surface area contributed by atoms with Crippen LogP contribution in [0.3, 0.4) is 0 Å². The molecule has 0 unspecified atom stereocenters. The van der Waals surface area contributed by atoms with Gasteiger partial charge in [-0.2, -0.15) is 0 Å². The lowest BCUT2D eigenvalue weighted by Gasteiger charge is -2.26. The fourth-order valence-corrected chi connectivity index (χ4v) is 6.36. The van der Waals surface area contributed by atoms with E-state index in [-0.39, 0.29) is 18.5 Å². The molecule has 0 amide bonds. The summed E-state index contributed by atoms with van der Waals surface area (Å²) in [6.07, 6.45) is -2.78. The number of para-hydroxylation sites is 1. The first kappa shape index (κ1) is 29.8. The van der Waals surface area contributed by atoms with Gasteiger partial charge < -0.3 is 19.1 Å². The van der Waals surface area contributed by atoms with Crippen molar-refractivity contribution in [3.63, 3.8) is 0 Å². The first-order valence-corrected chi connectivity index (χ1v) is 14.6. The molecule has 1 aliphatic rings. The van der Waals surface area contributed by atoms with Crippen molar-refractivity contribution in [1.82, 2.24) is 9.55 Å². The van der Waals surface area contributed by atoms with Gasteiger partial charge in [0, 0.05) is 12.3 Å². The minimum absolute atomic E-state index is 0.0522. The van der Waals surface area contributed by atoms with Crippen molar-refractivity contribution in [3.05, 3.63) is 99.3 Å². The number of hydrogen-bond acceptors (Lipinski definition) is 9. The van der Waals surface area contributed by atoms with E-state index in [0.29, 0.717) is 0 Å². The molecule has 214 valence electrons. The molecule has 1 aliphatic heterocycles. The molecule has 0 spiro atoms. The molecule has 4 rings (SSSR count). The van der Waals surface area contributed by atoms with Crippen molar-refractivity contribution in [3.8, 4) is 5.75 Å². The van der Waals surface area contributed by atoms with Crippen LogP contribution < -0.4 is 15.8 Å². The van der Waals surface area contributed by atoms with Crippen LogP contribution in [-0.4, -0.2) is 50.5 Å². The van der Waals surface area contributed by atoms with Crippen molar-refractivity contribution in [2.24, 2.45) is 5.92 Å². The SMILES string of the molecule is C[C@@H](C[P@](=O)(OC[C@H]1O[C@@H](n2ccc(=O)[nH]c2=O)[C@](C)(Cl)[C@@H]1O)Oc1ccccc1)C(=O)OCc1ccccc1. The highest BCUT2D eigenvalue weighted by Gasteiger charge is 2.54. The number of halogens is 1. The fraction of sp³-hybridized carbons (Fsp3) is 0.370. The summed E-state index contributed by atoms with van der Waals surface area (Å²) in [5.74, 6) is -1.20. The van der Waals surface area contributed by atoms with E-state index in [2.05, 4.69) is 4.98 Å². The zero-order valence-corrected chi connectivity index (χ0v) is 23.5. The lowest BCUT2D eigenvalue weighted by molar-refractivity contribution is -0.148. The largest absolute Gasteiger partial charge is 0.461 e. The predicted octanol–water partition coefficient (Wildman–Crippen LogP) is 3.46. The van der Waals surface area contributed by atoms with E-state index < -0.39 is 60.6 Å². The van der Waals surface area contributed by atoms with E-state index in [4.69, 9.17) is 30.1 Å². The van der Waals surface area contributed by atoms with Gasteiger partial charge in [-0.25, -0.2) is 9.36 Å². The minimum Gasteiger partial charge on any atom is -0.461 e. The molecular weight excluding hydrogens is 563 g/mol. The highest BCUT2D eigenvalue weighted by Crippen LogP contribution is 2.51. The van der Waals surface area contributed by atoms with Crippen molar-refractivity contribution in [2.45, 2.75) is 43.8 Å². The topological polar surface area (TPSA) is 146 Å². The molecule has 2 aromatic carbocycles. The molecule has 13 heteroatoms. The van der Waals surface area contributed by atoms with Crippen LogP contribution in [0, 0.1) is 5.92 Å². The summed E-state index contributed by atoms with van der Waals surface area (Å²) in [5, 5.41) is 10.9. The number of ether oxygens (including phenoxy) is 2. The van der Waals surface area contributed by atoms with E-state index in [1.165, 1.54) is 13.1 Å². The van der Waals surface area contributed by atoms with Crippen LogP contribution in [0.1, 0.15) is 25.6 Å². The summed E-state index contributed by atoms with van der Waals surface area (Å²) < 4.78 is 37.7. The van der Waals surface area contributed by atoms with Crippen molar-refractivity contribution in [1.29, 1.82) is 0 Å². The third-order valence-corrected chi connectivity index (χ3v) is 8.80. The summed E-state index contributed by atoms with van der Waals surface area (Å²) in [4.78, 5) is 37.1. The number of aromatic nitrogens is 2. The number of nitrogens with zero attached hydrogens (tertiary/aromatic N) is 1. The van der Waals surface area contributed by atoms with Gasteiger partial charge in [0.15, 0.2) is 6.23 Å². The Balaban J connectivity index is 1.48. The Morgan fingerprint density at radius 2 is 1.80 bits per heavy atom. The number of H-pyrrole nitrogens is 1. The van der Waals surface area contributed by atoms with Crippen molar-refractivity contribution >= 4 is 25.2 Å². The average molecular weight is 593 g/mol. The molecule has 40 heavy (non-hydrogen) atoms. The molecule has 0 radical (unpaired) electrons. The molecule has 0 aliphatic carbocycles. The maximum absolute atomic E-state index is 13.9. The number of aliphatic hydroxyl groups is 1. The van der Waals surface area contributed by atoms with E-state index in [0.717, 1.165) is 16.2 Å². The average Bonchev–Trinajstić information content (AvgIpc) is 3.15. The van der Waals surface area contributed by atoms with Gasteiger partial charge in [0.05, 0.1) is 18.7 Å². The number of alkyl halides is 1. The first-order valence-electron chi connectivity index (χ1n) is 12.5. The number of carbonyl (C=O) groups is 1. The maximum atomic E-state index is 13.9. The van der Waals surface area contributed by atoms with Crippen LogP contribution in [0.25, 0.3) is 0 Å². The van der Waals surface area contributed by atoms with Crippen molar-refractivity contribution < 1.29 is 33.0 Å². The van der Waals surface area contributed by atoms with Gasteiger partial charge in [0.25, 0.3) is 5.56 Å². The molecule has 2 heterocycles. The summed E-state index contributed by atoms with van der Waals surface area (Å²) in [5.41, 5.74) is -0.582. The molecule has 3 aromatic rings. The molecule has 2 N–H and O–H groups in total. The molecule has 11 nitrogen and oxygen atoms in total. The Morgan fingerprint density at radius 1 is 1.15 bits per heavy atom. The minimum atomic E-state index is -4.03. The van der Waals surface area contributed by atoms with Crippen molar-refractivity contribution in [2.75, 3.05) is 12.8 Å². The third-order valence-electron chi connectivity index (χ3n) is 6.37. The highest BCUT2D eigenvalue weighted by molar-refractivity contribution is 7.54. The quantitative estimate of drug-likeness (QED) is 0.194. The lowest BCUT2D eigenvalue weighted by atomic mass is 10.0. The van der Waals surface area contributed by atoms with E-state index >= 15 is 0 Å². The standard InChI is InChI=1S/C27H30ClN2O9P/c1-18(24(33)36-15-19-9-5-3-6-10-19)17-40(35,39-20-11-7-4-8-12-20)37-16-21-23(32)27(2,28)25(38-21)30-14-13-22(31)29-26(30)34/h3-14,18,21,23,25,32H,15-17H2,1-2H3,(H,29,31,34)/t18-,21+,23+,25+,27+,40-/m0/s1. The van der Waals surface area contributed by atoms with Crippen LogP contribution in [0.15, 0.2) is 82.5 Å². The van der Waals surface area contributed by atoms with Crippen LogP contribution in [-0.2, 0) is 30.0 Å². The first-order chi connectivity index (χ1) is 19.0. The Bertz CT molecular complexity index is 1460. The van der Waals surface area contributed by atoms with Crippen LogP contribution in [0.4, 0.5) is 0 Å². The second-order valence-corrected chi connectivity index (χ2v) is 12.5. The highest BCUT2D eigenvalue weighted by atomic mass is 35.5. The molecule has 6 atom stereocenters. The molecule has 1 fully saturated rings. The van der Waals surface area contributed by atoms with Gasteiger partial charge in [-0.1, -0.05) is 55.5 Å². The second kappa shape index (κ2) is 12.5. The summed E-state index contributed by atoms with van der Waals surface area (Å²) >= 11 is 6.57. The van der Waals surface area contributed by atoms with Gasteiger partial charge in [-0.3, -0.25) is 23.7 Å². The zero-order valence-electron chi connectivity index (χ0n) is 21.8. The van der Waals surface area contributed by atoms with Crippen LogP contribution in [0.5, 0.6) is 5.75 Å². The van der Waals surface area contributed by atoms with Crippen LogP contribution in [0.2, 0.25) is 0 Å². The number of carbonyl (C=O) groups excluding carboxylic acids is 1. The Morgan fingerprint density at radius 3 is 2.45 bits per heavy atom. The van der Waals surface area contributed by atoms with E-state index in [1.807, 2.05) is 30.3 Å². The predicted molar refractivity (Wildman–Crippen MR) is 146 cm³/mol. The Kier molecular flexibility index (Phi) is 9.33. The van der Waals surface area contributed by atoms with E-state index in [9.17, 15) is 24.1 Å². The van der Waals surface area contributed by atoms with E-state index in [1.54, 1.807) is 37.3 Å². The molecular formula is C27H30ClN2O9P. The molecule has 1 saturated heterocycles. The van der Waals surface area contributed by atoms with Gasteiger partial charge >= 0.3 is 19.3 Å². The third kappa shape index (κ3) is 7.10. The number of benzene rings is 2. The molecule has 0 bridgehead atoms. The lowest BCUT2D eigenvalue weighted by Crippen LogP contribution is -2.43. The number of aliphatic hydroxyl groups excluding tert-OH is 1. The van der Waals surface area contributed by atoms with Gasteiger partial charge in [0.2, 0.25) is 0 Å². The number of esters is 1. The number of rotatable bonds is 11. The monoisotopic (exact) mass is 592 g/mol. The van der Waals surface area contributed by atoms with Gasteiger partial charge in [-0.15, -0.1) is 11.6 Å². The number of hydrogen-bond donors (Lipinski definition) is 2. The van der Waals surface area contributed by atoms with Gasteiger partial charge in [-0.05, 0) is 24.6 Å². The number of nitrogens with one attached hydrogen (secondary N) is 1. The van der Waals surface area contributed by atoms with Gasteiger partial charge in [0.1, 0.15) is 29.4 Å². The summed E-state index contributed by atoms with van der Waals surface area (Å²) in [7, 11) is -4.03.